The Morgan fingerprint density at radius 1 is 0.914 bits per heavy atom. The molecule has 0 aromatic heterocycles. The van der Waals surface area contributed by atoms with E-state index in [1.807, 2.05) is 7.11 Å². The molecule has 3 heteroatoms. The molecule has 0 aliphatic heterocycles. The van der Waals surface area contributed by atoms with Gasteiger partial charge in [0.25, 0.3) is 0 Å². The van der Waals surface area contributed by atoms with E-state index in [0.717, 1.165) is 29.7 Å². The summed E-state index contributed by atoms with van der Waals surface area (Å²) in [5, 5.41) is 1.10. The zero-order valence-corrected chi connectivity index (χ0v) is 25.2. The molecule has 0 fully saturated rings. The molecule has 2 rings (SSSR count). The van der Waals surface area contributed by atoms with Crippen LogP contribution >= 0.6 is 8.58 Å². The van der Waals surface area contributed by atoms with Crippen LogP contribution in [0.1, 0.15) is 127 Å². The number of methoxy groups -OCH3 is 1. The van der Waals surface area contributed by atoms with Crippen LogP contribution in [0, 0.1) is 6.92 Å². The highest BCUT2D eigenvalue weighted by atomic mass is 31.1. The molecule has 0 heterocycles. The number of unbranched alkanes of at least 4 members (excludes halogenated alkanes) is 2. The van der Waals surface area contributed by atoms with Gasteiger partial charge in [0, 0.05) is 21.8 Å². The Labute approximate surface area is 217 Å². The standard InChI is InChI=1S/C32H49O2P/c1-12-14-15-18-32(13-2,35-28-17-16-22(3)19-25(28)23(4)33)27-21-24(30(5,6)7)20-26(29(27)34-11)31(8,9)10/h16-17,19-21,35H,12-15,18H2,1-11H3. The monoisotopic (exact) mass is 496 g/mol. The van der Waals surface area contributed by atoms with Crippen LogP contribution in [0.25, 0.3) is 0 Å². The number of hydrogen-bond donors (Lipinski definition) is 0. The van der Waals surface area contributed by atoms with Gasteiger partial charge in [-0.1, -0.05) is 113 Å². The van der Waals surface area contributed by atoms with Crippen molar-refractivity contribution in [2.75, 3.05) is 7.11 Å². The third kappa shape index (κ3) is 6.97. The zero-order chi connectivity index (χ0) is 26.6. The summed E-state index contributed by atoms with van der Waals surface area (Å²) < 4.78 is 6.26. The Morgan fingerprint density at radius 2 is 1.54 bits per heavy atom. The van der Waals surface area contributed by atoms with Gasteiger partial charge < -0.3 is 4.74 Å². The first-order valence-corrected chi connectivity index (χ1v) is 14.3. The summed E-state index contributed by atoms with van der Waals surface area (Å²) >= 11 is 0. The fraction of sp³-hybridized carbons (Fsp3) is 0.594. The summed E-state index contributed by atoms with van der Waals surface area (Å²) in [5.41, 5.74) is 5.95. The maximum atomic E-state index is 12.7. The molecule has 2 aromatic rings. The summed E-state index contributed by atoms with van der Waals surface area (Å²) in [7, 11) is 2.33. The number of ketones is 1. The average molecular weight is 497 g/mol. The van der Waals surface area contributed by atoms with Gasteiger partial charge in [0.05, 0.1) is 7.11 Å². The molecule has 194 valence electrons. The molecule has 0 amide bonds. The van der Waals surface area contributed by atoms with Gasteiger partial charge in [-0.15, -0.1) is 0 Å². The Balaban J connectivity index is 2.91. The van der Waals surface area contributed by atoms with Gasteiger partial charge in [-0.05, 0) is 54.5 Å². The molecular weight excluding hydrogens is 447 g/mol. The minimum Gasteiger partial charge on any atom is -0.496 e. The average Bonchev–Trinajstić information content (AvgIpc) is 2.77. The van der Waals surface area contributed by atoms with Crippen molar-refractivity contribution >= 4 is 19.7 Å². The van der Waals surface area contributed by atoms with Crippen LogP contribution in [0.2, 0.25) is 0 Å². The number of hydrogen-bond acceptors (Lipinski definition) is 2. The zero-order valence-electron chi connectivity index (χ0n) is 24.2. The van der Waals surface area contributed by atoms with E-state index in [4.69, 9.17) is 4.74 Å². The van der Waals surface area contributed by atoms with Gasteiger partial charge in [0.1, 0.15) is 5.75 Å². The van der Waals surface area contributed by atoms with Gasteiger partial charge in [0.15, 0.2) is 5.78 Å². The Hall–Kier alpha value is -1.66. The third-order valence-electron chi connectivity index (χ3n) is 7.22. The predicted molar refractivity (Wildman–Crippen MR) is 156 cm³/mol. The van der Waals surface area contributed by atoms with Crippen LogP contribution in [0.15, 0.2) is 30.3 Å². The van der Waals surface area contributed by atoms with E-state index < -0.39 is 0 Å². The van der Waals surface area contributed by atoms with Gasteiger partial charge in [-0.3, -0.25) is 4.79 Å². The highest BCUT2D eigenvalue weighted by Crippen LogP contribution is 2.54. The Bertz CT molecular complexity index is 1020. The molecule has 0 saturated carbocycles. The van der Waals surface area contributed by atoms with Crippen molar-refractivity contribution in [2.24, 2.45) is 0 Å². The second-order valence-corrected chi connectivity index (χ2v) is 14.0. The van der Waals surface area contributed by atoms with Crippen molar-refractivity contribution in [3.63, 3.8) is 0 Å². The number of carbonyl (C=O) groups is 1. The number of carbonyl (C=O) groups excluding carboxylic acids is 1. The van der Waals surface area contributed by atoms with E-state index in [-0.39, 0.29) is 21.8 Å². The Kier molecular flexibility index (Phi) is 9.80. The molecule has 0 radical (unpaired) electrons. The van der Waals surface area contributed by atoms with Gasteiger partial charge in [-0.2, -0.15) is 0 Å². The second-order valence-electron chi connectivity index (χ2n) is 12.2. The molecule has 35 heavy (non-hydrogen) atoms. The van der Waals surface area contributed by atoms with Crippen LogP contribution in [-0.2, 0) is 16.0 Å². The molecule has 2 atom stereocenters. The topological polar surface area (TPSA) is 26.3 Å². The quantitative estimate of drug-likeness (QED) is 0.186. The first-order valence-electron chi connectivity index (χ1n) is 13.3. The summed E-state index contributed by atoms with van der Waals surface area (Å²) in [6.45, 7) is 22.1. The number of aryl methyl sites for hydroxylation is 1. The number of Topliss-reactive ketones (excluding diaryl/α,β-unsaturated/α-hetero) is 1. The van der Waals surface area contributed by atoms with E-state index >= 15 is 0 Å². The molecular formula is C32H49O2P. The van der Waals surface area contributed by atoms with Gasteiger partial charge in [-0.25, -0.2) is 0 Å². The smallest absolute Gasteiger partial charge is 0.160 e. The summed E-state index contributed by atoms with van der Waals surface area (Å²) in [6, 6.07) is 11.2. The fourth-order valence-electron chi connectivity index (χ4n) is 4.91. The molecule has 0 spiro atoms. The number of benzene rings is 2. The lowest BCUT2D eigenvalue weighted by atomic mass is 9.76. The first-order chi connectivity index (χ1) is 16.2. The maximum Gasteiger partial charge on any atom is 0.160 e. The molecule has 0 saturated heterocycles. The summed E-state index contributed by atoms with van der Waals surface area (Å²) in [6.07, 6.45) is 5.68. The normalized spacial score (nSPS) is 14.4. The van der Waals surface area contributed by atoms with E-state index in [1.54, 1.807) is 6.92 Å². The summed E-state index contributed by atoms with van der Waals surface area (Å²) in [5.74, 6) is 1.19. The van der Waals surface area contributed by atoms with Crippen molar-refractivity contribution in [1.29, 1.82) is 0 Å². The minimum absolute atomic E-state index is 0.0292. The number of ether oxygens (including phenoxy) is 1. The highest BCUT2D eigenvalue weighted by Gasteiger charge is 2.37. The van der Waals surface area contributed by atoms with Crippen molar-refractivity contribution in [3.05, 3.63) is 58.1 Å². The fourth-order valence-corrected chi connectivity index (χ4v) is 6.77. The van der Waals surface area contributed by atoms with E-state index in [2.05, 4.69) is 92.6 Å². The second kappa shape index (κ2) is 11.6. The molecule has 2 unspecified atom stereocenters. The molecule has 0 aliphatic carbocycles. The lowest BCUT2D eigenvalue weighted by Crippen LogP contribution is -2.28. The Morgan fingerprint density at radius 3 is 2.03 bits per heavy atom. The van der Waals surface area contributed by atoms with Crippen LogP contribution in [0.4, 0.5) is 0 Å². The van der Waals surface area contributed by atoms with Crippen LogP contribution < -0.4 is 10.0 Å². The van der Waals surface area contributed by atoms with Crippen LogP contribution in [0.5, 0.6) is 5.75 Å². The van der Waals surface area contributed by atoms with Crippen molar-refractivity contribution in [1.82, 2.24) is 0 Å². The molecule has 0 N–H and O–H groups in total. The molecule has 2 aromatic carbocycles. The molecule has 0 bridgehead atoms. The van der Waals surface area contributed by atoms with E-state index in [9.17, 15) is 4.79 Å². The van der Waals surface area contributed by atoms with Crippen LogP contribution in [-0.4, -0.2) is 12.9 Å². The lowest BCUT2D eigenvalue weighted by Gasteiger charge is -2.39. The van der Waals surface area contributed by atoms with E-state index in [1.165, 1.54) is 41.3 Å². The number of rotatable bonds is 10. The summed E-state index contributed by atoms with van der Waals surface area (Å²) in [4.78, 5) is 12.7. The first kappa shape index (κ1) is 29.6. The molecule has 2 nitrogen and oxygen atoms in total. The van der Waals surface area contributed by atoms with E-state index in [0.29, 0.717) is 8.58 Å². The predicted octanol–water partition coefficient (Wildman–Crippen LogP) is 8.99. The SMILES string of the molecule is CCCCCC(CC)(Pc1ccc(C)cc1C(C)=O)c1cc(C(C)(C)C)cc(C(C)(C)C)c1OC. The molecule has 0 aliphatic rings. The van der Waals surface area contributed by atoms with Crippen LogP contribution in [0.3, 0.4) is 0 Å². The van der Waals surface area contributed by atoms with Crippen molar-refractivity contribution in [2.45, 2.75) is 117 Å². The lowest BCUT2D eigenvalue weighted by molar-refractivity contribution is 0.101. The maximum absolute atomic E-state index is 12.7. The van der Waals surface area contributed by atoms with Gasteiger partial charge in [0.2, 0.25) is 0 Å². The largest absolute Gasteiger partial charge is 0.496 e. The van der Waals surface area contributed by atoms with Gasteiger partial charge >= 0.3 is 0 Å². The minimum atomic E-state index is -0.0821. The van der Waals surface area contributed by atoms with Crippen molar-refractivity contribution in [3.8, 4) is 5.75 Å². The van der Waals surface area contributed by atoms with Crippen molar-refractivity contribution < 1.29 is 9.53 Å². The third-order valence-corrected chi connectivity index (χ3v) is 9.28. The highest BCUT2D eigenvalue weighted by molar-refractivity contribution is 7.48.